The number of carbonyl (C=O) groups excluding carboxylic acids is 1. The van der Waals surface area contributed by atoms with Gasteiger partial charge in [0.2, 0.25) is 0 Å². The summed E-state index contributed by atoms with van der Waals surface area (Å²) >= 11 is 6.18. The summed E-state index contributed by atoms with van der Waals surface area (Å²) in [5.74, 6) is -0.552. The number of nitrogens with zero attached hydrogens (tertiary/aromatic N) is 2. The number of aromatic nitrogens is 1. The number of pyridine rings is 1. The predicted molar refractivity (Wildman–Crippen MR) is 97.5 cm³/mol. The van der Waals surface area contributed by atoms with Crippen molar-refractivity contribution in [2.75, 3.05) is 0 Å². The van der Waals surface area contributed by atoms with Crippen LogP contribution in [0.25, 0.3) is 11.1 Å². The molecule has 126 valence electrons. The molecule has 1 amide bonds. The third-order valence-electron chi connectivity index (χ3n) is 3.89. The van der Waals surface area contributed by atoms with Gasteiger partial charge >= 0.3 is 0 Å². The Morgan fingerprint density at radius 3 is 2.52 bits per heavy atom. The van der Waals surface area contributed by atoms with Gasteiger partial charge < -0.3 is 0 Å². The summed E-state index contributed by atoms with van der Waals surface area (Å²) in [5, 5.41) is 11.4. The summed E-state index contributed by atoms with van der Waals surface area (Å²) in [6, 6.07) is 18.4. The first kappa shape index (κ1) is 17.1. The van der Waals surface area contributed by atoms with Gasteiger partial charge in [-0.1, -0.05) is 54.1 Å². The Hall–Kier alpha value is -2.69. The highest BCUT2D eigenvalue weighted by Gasteiger charge is 2.16. The molecule has 0 radical (unpaired) electrons. The molecule has 4 nitrogen and oxygen atoms in total. The van der Waals surface area contributed by atoms with Crippen LogP contribution in [0.3, 0.4) is 0 Å². The fraction of sp³-hybridized carbons (Fsp3) is 0.100. The molecular formula is C20H17ClN2O2. The molecular weight excluding hydrogens is 336 g/mol. The predicted octanol–water partition coefficient (Wildman–Crippen LogP) is 4.74. The number of hydrogen-bond acceptors (Lipinski definition) is 3. The highest BCUT2D eigenvalue weighted by molar-refractivity contribution is 6.31. The maximum Gasteiger partial charge on any atom is 0.296 e. The molecule has 1 aromatic heterocycles. The fourth-order valence-corrected chi connectivity index (χ4v) is 2.64. The zero-order valence-corrected chi connectivity index (χ0v) is 14.4. The first-order valence-electron chi connectivity index (χ1n) is 7.82. The third kappa shape index (κ3) is 4.05. The van der Waals surface area contributed by atoms with Gasteiger partial charge in [0, 0.05) is 11.2 Å². The summed E-state index contributed by atoms with van der Waals surface area (Å²) in [7, 11) is 0. The molecule has 0 saturated heterocycles. The van der Waals surface area contributed by atoms with Crippen LogP contribution in [0.1, 0.15) is 21.6 Å². The van der Waals surface area contributed by atoms with E-state index in [1.165, 1.54) is 0 Å². The lowest BCUT2D eigenvalue weighted by Gasteiger charge is -2.15. The zero-order chi connectivity index (χ0) is 17.8. The lowest BCUT2D eigenvalue weighted by molar-refractivity contribution is -0.0652. The van der Waals surface area contributed by atoms with E-state index in [4.69, 9.17) is 11.6 Å². The standard InChI is InChI=1S/C20H17ClN2O2/c1-14-7-8-16(11-18(14)21)17-9-10-22-19(12-17)20(24)23(25)13-15-5-3-2-4-6-15/h2-12,25H,13H2,1H3. The SMILES string of the molecule is Cc1ccc(-c2ccnc(C(=O)N(O)Cc3ccccc3)c2)cc1Cl. The lowest BCUT2D eigenvalue weighted by Crippen LogP contribution is -2.27. The van der Waals surface area contributed by atoms with E-state index in [2.05, 4.69) is 4.98 Å². The monoisotopic (exact) mass is 352 g/mol. The van der Waals surface area contributed by atoms with Crippen LogP contribution in [0.2, 0.25) is 5.02 Å². The Morgan fingerprint density at radius 2 is 1.80 bits per heavy atom. The topological polar surface area (TPSA) is 53.4 Å². The first-order valence-corrected chi connectivity index (χ1v) is 8.19. The van der Waals surface area contributed by atoms with Gasteiger partial charge in [0.1, 0.15) is 5.69 Å². The number of hydrogen-bond donors (Lipinski definition) is 1. The normalized spacial score (nSPS) is 10.5. The van der Waals surface area contributed by atoms with Crippen LogP contribution >= 0.6 is 11.6 Å². The van der Waals surface area contributed by atoms with Crippen LogP contribution in [0.15, 0.2) is 66.9 Å². The number of carbonyl (C=O) groups is 1. The Labute approximate surface area is 151 Å². The molecule has 3 rings (SSSR count). The second kappa shape index (κ2) is 7.47. The first-order chi connectivity index (χ1) is 12.0. The maximum atomic E-state index is 12.4. The van der Waals surface area contributed by atoms with E-state index in [-0.39, 0.29) is 12.2 Å². The number of hydroxylamine groups is 2. The van der Waals surface area contributed by atoms with Crippen LogP contribution in [-0.4, -0.2) is 21.2 Å². The Balaban J connectivity index is 1.83. The van der Waals surface area contributed by atoms with Gasteiger partial charge in [-0.3, -0.25) is 15.0 Å². The number of aryl methyl sites for hydroxylation is 1. The summed E-state index contributed by atoms with van der Waals surface area (Å²) in [6.45, 7) is 2.03. The minimum Gasteiger partial charge on any atom is -0.285 e. The van der Waals surface area contributed by atoms with E-state index in [9.17, 15) is 10.0 Å². The van der Waals surface area contributed by atoms with E-state index in [1.807, 2.05) is 55.5 Å². The summed E-state index contributed by atoms with van der Waals surface area (Å²) in [5.41, 5.74) is 3.69. The third-order valence-corrected chi connectivity index (χ3v) is 4.30. The maximum absolute atomic E-state index is 12.4. The van der Waals surface area contributed by atoms with Crippen molar-refractivity contribution in [3.63, 3.8) is 0 Å². The molecule has 0 spiro atoms. The van der Waals surface area contributed by atoms with Crippen molar-refractivity contribution in [3.8, 4) is 11.1 Å². The second-order valence-electron chi connectivity index (χ2n) is 5.74. The van der Waals surface area contributed by atoms with Crippen LogP contribution in [0.5, 0.6) is 0 Å². The van der Waals surface area contributed by atoms with Crippen LogP contribution in [0, 0.1) is 6.92 Å². The van der Waals surface area contributed by atoms with Crippen LogP contribution in [-0.2, 0) is 6.54 Å². The van der Waals surface area contributed by atoms with E-state index >= 15 is 0 Å². The van der Waals surface area contributed by atoms with Crippen molar-refractivity contribution < 1.29 is 10.0 Å². The van der Waals surface area contributed by atoms with Crippen molar-refractivity contribution in [1.82, 2.24) is 10.0 Å². The molecule has 25 heavy (non-hydrogen) atoms. The largest absolute Gasteiger partial charge is 0.296 e. The molecule has 5 heteroatoms. The lowest BCUT2D eigenvalue weighted by atomic mass is 10.0. The molecule has 1 N–H and O–H groups in total. The summed E-state index contributed by atoms with van der Waals surface area (Å²) in [4.78, 5) is 16.5. The molecule has 0 aliphatic rings. The zero-order valence-electron chi connectivity index (χ0n) is 13.7. The highest BCUT2D eigenvalue weighted by atomic mass is 35.5. The molecule has 0 aliphatic heterocycles. The minimum atomic E-state index is -0.552. The molecule has 0 aliphatic carbocycles. The highest BCUT2D eigenvalue weighted by Crippen LogP contribution is 2.25. The van der Waals surface area contributed by atoms with Gasteiger partial charge in [-0.05, 0) is 47.4 Å². The summed E-state index contributed by atoms with van der Waals surface area (Å²) in [6.07, 6.45) is 1.55. The van der Waals surface area contributed by atoms with E-state index in [1.54, 1.807) is 18.3 Å². The Morgan fingerprint density at radius 1 is 1.08 bits per heavy atom. The van der Waals surface area contributed by atoms with Crippen molar-refractivity contribution in [1.29, 1.82) is 0 Å². The molecule has 0 fully saturated rings. The molecule has 2 aromatic carbocycles. The average molecular weight is 353 g/mol. The van der Waals surface area contributed by atoms with Gasteiger partial charge in [0.05, 0.1) is 6.54 Å². The van der Waals surface area contributed by atoms with Gasteiger partial charge in [-0.2, -0.15) is 0 Å². The number of amides is 1. The molecule has 0 unspecified atom stereocenters. The van der Waals surface area contributed by atoms with Crippen molar-refractivity contribution in [3.05, 3.63) is 88.7 Å². The smallest absolute Gasteiger partial charge is 0.285 e. The number of halogens is 1. The molecule has 0 bridgehead atoms. The molecule has 0 atom stereocenters. The van der Waals surface area contributed by atoms with Crippen LogP contribution < -0.4 is 0 Å². The second-order valence-corrected chi connectivity index (χ2v) is 6.15. The molecule has 0 saturated carbocycles. The van der Waals surface area contributed by atoms with Crippen molar-refractivity contribution in [2.45, 2.75) is 13.5 Å². The average Bonchev–Trinajstić information content (AvgIpc) is 2.64. The van der Waals surface area contributed by atoms with Gasteiger partial charge in [-0.15, -0.1) is 0 Å². The van der Waals surface area contributed by atoms with E-state index in [0.29, 0.717) is 10.1 Å². The van der Waals surface area contributed by atoms with Gasteiger partial charge in [0.15, 0.2) is 0 Å². The van der Waals surface area contributed by atoms with Crippen molar-refractivity contribution >= 4 is 17.5 Å². The Kier molecular flexibility index (Phi) is 5.12. The summed E-state index contributed by atoms with van der Waals surface area (Å²) < 4.78 is 0. The molecule has 1 heterocycles. The van der Waals surface area contributed by atoms with E-state index < -0.39 is 5.91 Å². The fourth-order valence-electron chi connectivity index (χ4n) is 2.46. The van der Waals surface area contributed by atoms with Gasteiger partial charge in [-0.25, -0.2) is 5.06 Å². The Bertz CT molecular complexity index is 897. The quantitative estimate of drug-likeness (QED) is 0.545. The van der Waals surface area contributed by atoms with Crippen molar-refractivity contribution in [2.24, 2.45) is 0 Å². The van der Waals surface area contributed by atoms with Gasteiger partial charge in [0.25, 0.3) is 5.91 Å². The molecule has 3 aromatic rings. The van der Waals surface area contributed by atoms with E-state index in [0.717, 1.165) is 22.3 Å². The number of benzene rings is 2. The number of rotatable bonds is 4. The minimum absolute atomic E-state index is 0.0991. The van der Waals surface area contributed by atoms with Crippen LogP contribution in [0.4, 0.5) is 0 Å².